The van der Waals surface area contributed by atoms with Gasteiger partial charge in [-0.05, 0) is 52.7 Å². The van der Waals surface area contributed by atoms with Crippen molar-refractivity contribution in [1.82, 2.24) is 15.2 Å². The van der Waals surface area contributed by atoms with E-state index in [1.807, 2.05) is 24.3 Å². The molecule has 0 saturated carbocycles. The van der Waals surface area contributed by atoms with Crippen molar-refractivity contribution in [3.8, 4) is 0 Å². The number of amides is 3. The molecule has 0 spiro atoms. The molecule has 0 bridgehead atoms. The number of carbonyl (C=O) groups excluding carboxylic acids is 3. The summed E-state index contributed by atoms with van der Waals surface area (Å²) in [6.45, 7) is 7.31. The molecule has 3 amide bonds. The van der Waals surface area contributed by atoms with Gasteiger partial charge in [0.15, 0.2) is 0 Å². The smallest absolute Gasteiger partial charge is 0.408 e. The molecule has 0 radical (unpaired) electrons. The maximum absolute atomic E-state index is 13.0. The van der Waals surface area contributed by atoms with Crippen LogP contribution in [0.1, 0.15) is 40.5 Å². The fourth-order valence-corrected chi connectivity index (χ4v) is 3.52. The van der Waals surface area contributed by atoms with Gasteiger partial charge in [-0.15, -0.1) is 0 Å². The number of rotatable bonds is 4. The highest BCUT2D eigenvalue weighted by atomic mass is 16.6. The Balaban J connectivity index is 1.68. The second kappa shape index (κ2) is 8.69. The summed E-state index contributed by atoms with van der Waals surface area (Å²) < 4.78 is 5.21. The lowest BCUT2D eigenvalue weighted by atomic mass is 10.1. The topological polar surface area (TPSA) is 101 Å². The molecule has 1 saturated heterocycles. The van der Waals surface area contributed by atoms with Crippen LogP contribution in [-0.4, -0.2) is 52.0 Å². The highest BCUT2D eigenvalue weighted by Gasteiger charge is 2.36. The number of fused-ring (bicyclic) bond motifs is 1. The molecule has 2 aromatic rings. The number of hydrogen-bond acceptors (Lipinski definition) is 5. The van der Waals surface area contributed by atoms with Gasteiger partial charge in [-0.25, -0.2) is 4.79 Å². The molecule has 2 heterocycles. The molecule has 1 fully saturated rings. The Morgan fingerprint density at radius 2 is 1.93 bits per heavy atom. The van der Waals surface area contributed by atoms with Gasteiger partial charge >= 0.3 is 6.09 Å². The van der Waals surface area contributed by atoms with Crippen LogP contribution in [0.3, 0.4) is 0 Å². The lowest BCUT2D eigenvalue weighted by molar-refractivity contribution is -0.138. The summed E-state index contributed by atoms with van der Waals surface area (Å²) in [5, 5.41) is 6.39. The Kier molecular flexibility index (Phi) is 6.24. The number of hydrogen-bond donors (Lipinski definition) is 2. The minimum absolute atomic E-state index is 0.261. The van der Waals surface area contributed by atoms with E-state index in [9.17, 15) is 14.4 Å². The average Bonchev–Trinajstić information content (AvgIpc) is 3.16. The fourth-order valence-electron chi connectivity index (χ4n) is 3.52. The van der Waals surface area contributed by atoms with Gasteiger partial charge in [-0.2, -0.15) is 0 Å². The van der Waals surface area contributed by atoms with Crippen LogP contribution >= 0.6 is 0 Å². The van der Waals surface area contributed by atoms with E-state index in [4.69, 9.17) is 4.74 Å². The normalized spacial score (nSPS) is 17.5. The number of pyridine rings is 1. The third-order valence-corrected chi connectivity index (χ3v) is 4.83. The van der Waals surface area contributed by atoms with Crippen LogP contribution in [0, 0.1) is 0 Å². The van der Waals surface area contributed by atoms with E-state index in [1.54, 1.807) is 40.0 Å². The first kappa shape index (κ1) is 21.5. The maximum atomic E-state index is 13.0. The lowest BCUT2D eigenvalue weighted by Crippen LogP contribution is -2.52. The monoisotopic (exact) mass is 412 g/mol. The molecular weight excluding hydrogens is 384 g/mol. The lowest BCUT2D eigenvalue weighted by Gasteiger charge is -2.28. The van der Waals surface area contributed by atoms with Crippen LogP contribution in [0.5, 0.6) is 0 Å². The Morgan fingerprint density at radius 1 is 1.20 bits per heavy atom. The largest absolute Gasteiger partial charge is 0.444 e. The molecule has 1 aliphatic heterocycles. The quantitative estimate of drug-likeness (QED) is 0.804. The minimum Gasteiger partial charge on any atom is -0.444 e. The van der Waals surface area contributed by atoms with Gasteiger partial charge in [0.1, 0.15) is 17.7 Å². The number of aromatic nitrogens is 1. The number of nitrogens with zero attached hydrogens (tertiary/aromatic N) is 2. The number of likely N-dealkylation sites (tertiary alicyclic amines) is 1. The van der Waals surface area contributed by atoms with E-state index in [0.29, 0.717) is 24.2 Å². The molecule has 0 aliphatic carbocycles. The van der Waals surface area contributed by atoms with Gasteiger partial charge in [0.25, 0.3) is 0 Å². The number of alkyl carbamates (subject to hydrolysis) is 1. The van der Waals surface area contributed by atoms with Crippen molar-refractivity contribution in [2.24, 2.45) is 0 Å². The number of para-hydroxylation sites is 1. The summed E-state index contributed by atoms with van der Waals surface area (Å²) in [6.07, 6.45) is 2.30. The summed E-state index contributed by atoms with van der Waals surface area (Å²) in [5.74, 6) is -0.571. The van der Waals surface area contributed by atoms with Crippen molar-refractivity contribution in [2.75, 3.05) is 11.9 Å². The van der Waals surface area contributed by atoms with E-state index < -0.39 is 23.8 Å². The highest BCUT2D eigenvalue weighted by molar-refractivity contribution is 6.03. The minimum atomic E-state index is -0.799. The second-order valence-electron chi connectivity index (χ2n) is 8.43. The Bertz CT molecular complexity index is 948. The average molecular weight is 412 g/mol. The van der Waals surface area contributed by atoms with Gasteiger partial charge in [0.2, 0.25) is 11.8 Å². The highest BCUT2D eigenvalue weighted by Crippen LogP contribution is 2.24. The van der Waals surface area contributed by atoms with Crippen molar-refractivity contribution in [3.63, 3.8) is 0 Å². The van der Waals surface area contributed by atoms with Crippen LogP contribution in [0.25, 0.3) is 10.9 Å². The standard InChI is InChI=1S/C22H28N4O4/c1-14(24-21(29)30-22(2,3)4)20(28)26-13-7-11-17(26)19(27)25-16-10-5-8-15-9-6-12-23-18(15)16/h5-6,8-10,12,14,17H,7,11,13H2,1-4H3,(H,24,29)(H,25,27)/t14-,17-/m0/s1. The number of carbonyl (C=O) groups is 3. The van der Waals surface area contributed by atoms with E-state index in [-0.39, 0.29) is 11.8 Å². The second-order valence-corrected chi connectivity index (χ2v) is 8.43. The molecule has 160 valence electrons. The number of benzene rings is 1. The first-order valence-corrected chi connectivity index (χ1v) is 10.1. The summed E-state index contributed by atoms with van der Waals surface area (Å²) in [4.78, 5) is 43.7. The predicted octanol–water partition coefficient (Wildman–Crippen LogP) is 3.08. The molecule has 1 aromatic carbocycles. The molecule has 1 aromatic heterocycles. The van der Waals surface area contributed by atoms with Crippen LogP contribution < -0.4 is 10.6 Å². The van der Waals surface area contributed by atoms with Crippen LogP contribution in [-0.2, 0) is 14.3 Å². The number of anilines is 1. The van der Waals surface area contributed by atoms with Crippen molar-refractivity contribution >= 4 is 34.5 Å². The van der Waals surface area contributed by atoms with Gasteiger partial charge < -0.3 is 20.3 Å². The van der Waals surface area contributed by atoms with E-state index >= 15 is 0 Å². The molecule has 30 heavy (non-hydrogen) atoms. The van der Waals surface area contributed by atoms with E-state index in [2.05, 4.69) is 15.6 Å². The molecule has 0 unspecified atom stereocenters. The molecule has 3 rings (SSSR count). The van der Waals surface area contributed by atoms with Crippen molar-refractivity contribution in [3.05, 3.63) is 36.5 Å². The third kappa shape index (κ3) is 5.06. The van der Waals surface area contributed by atoms with E-state index in [0.717, 1.165) is 11.8 Å². The Labute approximate surface area is 176 Å². The molecule has 8 heteroatoms. The van der Waals surface area contributed by atoms with Gasteiger partial charge in [0, 0.05) is 18.1 Å². The number of ether oxygens (including phenoxy) is 1. The summed E-state index contributed by atoms with van der Waals surface area (Å²) in [6, 6.07) is 7.93. The first-order valence-electron chi connectivity index (χ1n) is 10.1. The zero-order valence-corrected chi connectivity index (χ0v) is 17.8. The van der Waals surface area contributed by atoms with Gasteiger partial charge in [-0.3, -0.25) is 14.6 Å². The molecular formula is C22H28N4O4. The maximum Gasteiger partial charge on any atom is 0.408 e. The Hall–Kier alpha value is -3.16. The van der Waals surface area contributed by atoms with Gasteiger partial charge in [-0.1, -0.05) is 18.2 Å². The molecule has 2 atom stereocenters. The van der Waals surface area contributed by atoms with Crippen molar-refractivity contribution in [1.29, 1.82) is 0 Å². The zero-order valence-electron chi connectivity index (χ0n) is 17.8. The zero-order chi connectivity index (χ0) is 21.9. The third-order valence-electron chi connectivity index (χ3n) is 4.83. The summed E-state index contributed by atoms with van der Waals surface area (Å²) >= 11 is 0. The summed E-state index contributed by atoms with van der Waals surface area (Å²) in [5.41, 5.74) is 0.650. The van der Waals surface area contributed by atoms with Crippen molar-refractivity contribution in [2.45, 2.75) is 58.2 Å². The predicted molar refractivity (Wildman–Crippen MR) is 114 cm³/mol. The van der Waals surface area contributed by atoms with Crippen LogP contribution in [0.4, 0.5) is 10.5 Å². The Morgan fingerprint density at radius 3 is 2.67 bits per heavy atom. The molecule has 1 aliphatic rings. The van der Waals surface area contributed by atoms with E-state index in [1.165, 1.54) is 4.90 Å². The summed E-state index contributed by atoms with van der Waals surface area (Å²) in [7, 11) is 0. The van der Waals surface area contributed by atoms with Gasteiger partial charge in [0.05, 0.1) is 11.2 Å². The first-order chi connectivity index (χ1) is 14.2. The van der Waals surface area contributed by atoms with Crippen LogP contribution in [0.2, 0.25) is 0 Å². The SMILES string of the molecule is C[C@H](NC(=O)OC(C)(C)C)C(=O)N1CCC[C@H]1C(=O)Nc1cccc2cccnc12. The molecule has 2 N–H and O–H groups in total. The van der Waals surface area contributed by atoms with Crippen LogP contribution in [0.15, 0.2) is 36.5 Å². The van der Waals surface area contributed by atoms with Crippen molar-refractivity contribution < 1.29 is 19.1 Å². The molecule has 8 nitrogen and oxygen atoms in total. The fraction of sp³-hybridized carbons (Fsp3) is 0.455. The number of nitrogens with one attached hydrogen (secondary N) is 2.